The van der Waals surface area contributed by atoms with Crippen molar-refractivity contribution in [2.75, 3.05) is 44.4 Å². The highest BCUT2D eigenvalue weighted by molar-refractivity contribution is 5.80. The summed E-state index contributed by atoms with van der Waals surface area (Å²) in [6, 6.07) is 6.80. The molecule has 6 nitrogen and oxygen atoms in total. The summed E-state index contributed by atoms with van der Waals surface area (Å²) in [5.41, 5.74) is 7.00. The third kappa shape index (κ3) is 4.16. The molecule has 4 rings (SSSR count). The maximum absolute atomic E-state index is 14.0. The molecule has 2 atom stereocenters. The minimum absolute atomic E-state index is 0.0168. The maximum Gasteiger partial charge on any atom is 0.230 e. The van der Waals surface area contributed by atoms with Gasteiger partial charge in [0.05, 0.1) is 43.6 Å². The van der Waals surface area contributed by atoms with Gasteiger partial charge in [0.25, 0.3) is 0 Å². The van der Waals surface area contributed by atoms with Gasteiger partial charge in [0.15, 0.2) is 0 Å². The van der Waals surface area contributed by atoms with Crippen molar-refractivity contribution in [3.8, 4) is 0 Å². The minimum atomic E-state index is -0.177. The number of likely N-dealkylation sites (tertiary alicyclic amines) is 1. The maximum atomic E-state index is 14.0. The number of amides is 1. The predicted molar refractivity (Wildman–Crippen MR) is 105 cm³/mol. The summed E-state index contributed by atoms with van der Waals surface area (Å²) >= 11 is 0. The molecule has 7 heteroatoms. The number of hydrogen-bond acceptors (Lipinski definition) is 5. The van der Waals surface area contributed by atoms with Crippen molar-refractivity contribution >= 4 is 11.6 Å². The molecule has 154 valence electrons. The van der Waals surface area contributed by atoms with Crippen LogP contribution in [0.3, 0.4) is 0 Å². The molecule has 1 aromatic carbocycles. The molecule has 3 fully saturated rings. The Kier molecular flexibility index (Phi) is 6.13. The van der Waals surface area contributed by atoms with Crippen molar-refractivity contribution in [2.45, 2.75) is 43.9 Å². The van der Waals surface area contributed by atoms with Gasteiger partial charge in [-0.25, -0.2) is 4.39 Å². The van der Waals surface area contributed by atoms with Gasteiger partial charge < -0.3 is 25.0 Å². The van der Waals surface area contributed by atoms with Gasteiger partial charge in [0, 0.05) is 25.7 Å². The number of carbonyl (C=O) groups is 1. The number of hydrogen-bond donors (Lipinski definition) is 1. The Morgan fingerprint density at radius 3 is 2.61 bits per heavy atom. The van der Waals surface area contributed by atoms with Crippen molar-refractivity contribution in [1.29, 1.82) is 0 Å². The third-order valence-corrected chi connectivity index (χ3v) is 6.24. The number of carbonyl (C=O) groups excluding carboxylic acids is 1. The number of nitrogens with two attached hydrogens (primary N) is 1. The normalized spacial score (nSPS) is 26.9. The molecule has 1 amide bonds. The summed E-state index contributed by atoms with van der Waals surface area (Å²) in [5, 5.41) is 0. The number of rotatable bonds is 5. The first-order valence-electron chi connectivity index (χ1n) is 10.4. The largest absolute Gasteiger partial charge is 0.380 e. The van der Waals surface area contributed by atoms with Crippen LogP contribution in [-0.2, 0) is 14.3 Å². The summed E-state index contributed by atoms with van der Waals surface area (Å²) in [7, 11) is 0. The summed E-state index contributed by atoms with van der Waals surface area (Å²) < 4.78 is 25.4. The van der Waals surface area contributed by atoms with E-state index in [0.717, 1.165) is 45.3 Å². The van der Waals surface area contributed by atoms with E-state index in [9.17, 15) is 9.18 Å². The summed E-state index contributed by atoms with van der Waals surface area (Å²) in [5.74, 6) is -0.0367. The molecule has 28 heavy (non-hydrogen) atoms. The first kappa shape index (κ1) is 19.6. The molecule has 0 radical (unpaired) electrons. The molecular weight excluding hydrogens is 361 g/mol. The van der Waals surface area contributed by atoms with Gasteiger partial charge in [-0.15, -0.1) is 0 Å². The Labute approximate surface area is 165 Å². The van der Waals surface area contributed by atoms with Crippen LogP contribution in [0.25, 0.3) is 0 Å². The van der Waals surface area contributed by atoms with Gasteiger partial charge in [0.2, 0.25) is 5.91 Å². The van der Waals surface area contributed by atoms with Gasteiger partial charge in [-0.3, -0.25) is 4.79 Å². The summed E-state index contributed by atoms with van der Waals surface area (Å²) in [6.45, 7) is 3.81. The molecular formula is C21H30FN3O3. The van der Waals surface area contributed by atoms with Gasteiger partial charge in [0.1, 0.15) is 5.82 Å². The number of nitrogens with zero attached hydrogens (tertiary/aromatic N) is 2. The second kappa shape index (κ2) is 8.76. The van der Waals surface area contributed by atoms with E-state index >= 15 is 0 Å². The van der Waals surface area contributed by atoms with Crippen LogP contribution in [0.15, 0.2) is 24.3 Å². The monoisotopic (exact) mass is 391 g/mol. The fraction of sp³-hybridized carbons (Fsp3) is 0.667. The van der Waals surface area contributed by atoms with Crippen LogP contribution < -0.4 is 10.6 Å². The van der Waals surface area contributed by atoms with Crippen LogP contribution in [-0.4, -0.2) is 68.4 Å². The number of benzene rings is 1. The lowest BCUT2D eigenvalue weighted by Crippen LogP contribution is -2.59. The topological polar surface area (TPSA) is 68.0 Å². The second-order valence-corrected chi connectivity index (χ2v) is 8.11. The number of halogens is 1. The van der Waals surface area contributed by atoms with Gasteiger partial charge in [-0.1, -0.05) is 12.1 Å². The Morgan fingerprint density at radius 1 is 1.18 bits per heavy atom. The molecule has 3 saturated heterocycles. The molecule has 1 aromatic rings. The van der Waals surface area contributed by atoms with E-state index in [4.69, 9.17) is 15.2 Å². The number of para-hydroxylation sites is 1. The molecule has 0 aromatic heterocycles. The van der Waals surface area contributed by atoms with Crippen LogP contribution in [0.1, 0.15) is 25.7 Å². The van der Waals surface area contributed by atoms with Crippen molar-refractivity contribution in [3.05, 3.63) is 30.1 Å². The molecule has 0 spiro atoms. The second-order valence-electron chi connectivity index (χ2n) is 8.11. The lowest BCUT2D eigenvalue weighted by molar-refractivity contribution is -0.156. The fourth-order valence-electron chi connectivity index (χ4n) is 4.39. The zero-order valence-corrected chi connectivity index (χ0v) is 16.3. The SMILES string of the molecule is N[C@H]1CCCN(C(=O)C2COC2)[C@H]1COC1CCN(c2ccccc2F)CC1. The van der Waals surface area contributed by atoms with E-state index in [1.54, 1.807) is 6.07 Å². The highest BCUT2D eigenvalue weighted by atomic mass is 19.1. The van der Waals surface area contributed by atoms with E-state index in [-0.39, 0.29) is 35.8 Å². The molecule has 0 bridgehead atoms. The summed E-state index contributed by atoms with van der Waals surface area (Å²) in [4.78, 5) is 16.7. The zero-order valence-electron chi connectivity index (χ0n) is 16.3. The van der Waals surface area contributed by atoms with E-state index < -0.39 is 0 Å². The average Bonchev–Trinajstić information content (AvgIpc) is 2.66. The van der Waals surface area contributed by atoms with E-state index in [2.05, 4.69) is 4.90 Å². The van der Waals surface area contributed by atoms with Crippen molar-refractivity contribution in [3.63, 3.8) is 0 Å². The molecule has 3 aliphatic rings. The Balaban J connectivity index is 1.29. The van der Waals surface area contributed by atoms with E-state index in [1.807, 2.05) is 17.0 Å². The van der Waals surface area contributed by atoms with Crippen LogP contribution in [0.5, 0.6) is 0 Å². The molecule has 0 aliphatic carbocycles. The molecule has 0 saturated carbocycles. The van der Waals surface area contributed by atoms with Gasteiger partial charge in [-0.05, 0) is 37.8 Å². The van der Waals surface area contributed by atoms with Gasteiger partial charge in [-0.2, -0.15) is 0 Å². The standard InChI is InChI=1S/C21H30FN3O3/c22-17-4-1-2-6-19(17)24-10-7-16(8-11-24)28-14-20-18(23)5-3-9-25(20)21(26)15-12-27-13-15/h1-2,4,6,15-16,18,20H,3,5,7-14,23H2/t18-,20-/m0/s1. The van der Waals surface area contributed by atoms with Crippen molar-refractivity contribution in [1.82, 2.24) is 4.90 Å². The summed E-state index contributed by atoms with van der Waals surface area (Å²) in [6.07, 6.45) is 3.69. The van der Waals surface area contributed by atoms with Crippen LogP contribution in [0.4, 0.5) is 10.1 Å². The highest BCUT2D eigenvalue weighted by Gasteiger charge is 2.38. The number of anilines is 1. The molecule has 0 unspecified atom stereocenters. The van der Waals surface area contributed by atoms with E-state index in [0.29, 0.717) is 25.5 Å². The number of piperidine rings is 2. The fourth-order valence-corrected chi connectivity index (χ4v) is 4.39. The molecule has 2 N–H and O–H groups in total. The van der Waals surface area contributed by atoms with Crippen LogP contribution in [0.2, 0.25) is 0 Å². The van der Waals surface area contributed by atoms with E-state index in [1.165, 1.54) is 6.07 Å². The molecule has 3 heterocycles. The van der Waals surface area contributed by atoms with Crippen LogP contribution in [0, 0.1) is 11.7 Å². The highest BCUT2D eigenvalue weighted by Crippen LogP contribution is 2.26. The zero-order chi connectivity index (χ0) is 19.5. The molecule has 3 aliphatic heterocycles. The average molecular weight is 391 g/mol. The predicted octanol–water partition coefficient (Wildman–Crippen LogP) is 1.78. The lowest BCUT2D eigenvalue weighted by atomic mass is 9.94. The van der Waals surface area contributed by atoms with Crippen LogP contribution >= 0.6 is 0 Å². The minimum Gasteiger partial charge on any atom is -0.380 e. The third-order valence-electron chi connectivity index (χ3n) is 6.24. The van der Waals surface area contributed by atoms with Gasteiger partial charge >= 0.3 is 0 Å². The quantitative estimate of drug-likeness (QED) is 0.829. The number of ether oxygens (including phenoxy) is 2. The first-order valence-corrected chi connectivity index (χ1v) is 10.4. The Hall–Kier alpha value is -1.70. The van der Waals surface area contributed by atoms with Crippen molar-refractivity contribution < 1.29 is 18.7 Å². The smallest absolute Gasteiger partial charge is 0.230 e. The Bertz CT molecular complexity index is 677. The van der Waals surface area contributed by atoms with Crippen molar-refractivity contribution in [2.24, 2.45) is 11.7 Å². The Morgan fingerprint density at radius 2 is 1.93 bits per heavy atom. The first-order chi connectivity index (χ1) is 13.6. The lowest BCUT2D eigenvalue weighted by Gasteiger charge is -2.43.